The molecule has 1 aliphatic carbocycles. The fourth-order valence-electron chi connectivity index (χ4n) is 1.69. The van der Waals surface area contributed by atoms with Crippen molar-refractivity contribution in [1.29, 1.82) is 0 Å². The van der Waals surface area contributed by atoms with E-state index in [9.17, 15) is 8.42 Å². The van der Waals surface area contributed by atoms with Gasteiger partial charge in [0.25, 0.3) is 0 Å². The average molecular weight is 211 g/mol. The van der Waals surface area contributed by atoms with E-state index < -0.39 is 10.0 Å². The minimum Gasteiger partial charge on any atom is -0.213 e. The first kappa shape index (κ1) is 9.68. The van der Waals surface area contributed by atoms with Gasteiger partial charge >= 0.3 is 0 Å². The molecule has 0 heterocycles. The number of hydrogen-bond donors (Lipinski definition) is 1. The monoisotopic (exact) mass is 211 g/mol. The van der Waals surface area contributed by atoms with Gasteiger partial charge in [-0.3, -0.25) is 0 Å². The maximum absolute atomic E-state index is 11.1. The topological polar surface area (TPSA) is 46.2 Å². The lowest BCUT2D eigenvalue weighted by atomic mass is 10.1. The zero-order chi connectivity index (χ0) is 10.2. The number of rotatable bonds is 3. The Balaban J connectivity index is 2.27. The second kappa shape index (κ2) is 3.07. The Morgan fingerprint density at radius 2 is 1.79 bits per heavy atom. The summed E-state index contributed by atoms with van der Waals surface area (Å²) >= 11 is 0. The number of hydrogen-bond acceptors (Lipinski definition) is 2. The molecule has 4 heteroatoms. The summed E-state index contributed by atoms with van der Waals surface area (Å²) in [6.45, 7) is 0. The van der Waals surface area contributed by atoms with E-state index in [1.54, 1.807) is 0 Å². The average Bonchev–Trinajstić information content (AvgIpc) is 2.85. The van der Waals surface area contributed by atoms with Crippen molar-refractivity contribution in [2.45, 2.75) is 18.4 Å². The Kier molecular flexibility index (Phi) is 2.12. The van der Waals surface area contributed by atoms with Gasteiger partial charge in [-0.15, -0.1) is 0 Å². The minimum atomic E-state index is -3.12. The summed E-state index contributed by atoms with van der Waals surface area (Å²) in [4.78, 5) is 0. The van der Waals surface area contributed by atoms with Crippen LogP contribution in [0.2, 0.25) is 0 Å². The summed E-state index contributed by atoms with van der Waals surface area (Å²) in [6, 6.07) is 9.72. The van der Waals surface area contributed by atoms with Gasteiger partial charge in [-0.25, -0.2) is 13.1 Å². The predicted molar refractivity (Wildman–Crippen MR) is 55.3 cm³/mol. The molecule has 0 aliphatic heterocycles. The van der Waals surface area contributed by atoms with Crippen LogP contribution in [0.4, 0.5) is 0 Å². The molecule has 0 atom stereocenters. The Morgan fingerprint density at radius 3 is 2.21 bits per heavy atom. The van der Waals surface area contributed by atoms with Gasteiger partial charge in [0.2, 0.25) is 10.0 Å². The lowest BCUT2D eigenvalue weighted by Gasteiger charge is -2.15. The standard InChI is InChI=1S/C10H13NO2S/c1-14(12,13)11-10(7-8-10)9-5-3-2-4-6-9/h2-6,11H,7-8H2,1H3. The first-order valence-electron chi connectivity index (χ1n) is 4.56. The van der Waals surface area contributed by atoms with E-state index in [4.69, 9.17) is 0 Å². The van der Waals surface area contributed by atoms with Crippen molar-refractivity contribution in [2.75, 3.05) is 6.26 Å². The van der Waals surface area contributed by atoms with E-state index in [1.807, 2.05) is 30.3 Å². The highest BCUT2D eigenvalue weighted by molar-refractivity contribution is 7.88. The SMILES string of the molecule is CS(=O)(=O)NC1(c2ccccc2)CC1. The van der Waals surface area contributed by atoms with Crippen LogP contribution in [0.25, 0.3) is 0 Å². The molecule has 1 aromatic rings. The fourth-order valence-corrected chi connectivity index (χ4v) is 2.72. The van der Waals surface area contributed by atoms with E-state index in [1.165, 1.54) is 6.26 Å². The predicted octanol–water partition coefficient (Wildman–Crippen LogP) is 1.22. The molecule has 0 saturated heterocycles. The number of nitrogens with one attached hydrogen (secondary N) is 1. The van der Waals surface area contributed by atoms with Crippen LogP contribution in [0.3, 0.4) is 0 Å². The third-order valence-corrected chi connectivity index (χ3v) is 3.22. The van der Waals surface area contributed by atoms with Crippen LogP contribution in [0, 0.1) is 0 Å². The van der Waals surface area contributed by atoms with Crippen LogP contribution in [-0.4, -0.2) is 14.7 Å². The highest BCUT2D eigenvalue weighted by Gasteiger charge is 2.46. The Bertz CT molecular complexity index is 421. The van der Waals surface area contributed by atoms with Crippen molar-refractivity contribution in [1.82, 2.24) is 4.72 Å². The quantitative estimate of drug-likeness (QED) is 0.817. The van der Waals surface area contributed by atoms with Gasteiger partial charge in [-0.1, -0.05) is 30.3 Å². The van der Waals surface area contributed by atoms with Crippen molar-refractivity contribution in [3.05, 3.63) is 35.9 Å². The third-order valence-electron chi connectivity index (χ3n) is 2.46. The molecule has 1 saturated carbocycles. The van der Waals surface area contributed by atoms with Crippen LogP contribution < -0.4 is 4.72 Å². The molecule has 1 aliphatic rings. The van der Waals surface area contributed by atoms with E-state index in [-0.39, 0.29) is 5.54 Å². The summed E-state index contributed by atoms with van der Waals surface area (Å²) in [6.07, 6.45) is 2.99. The zero-order valence-corrected chi connectivity index (χ0v) is 8.84. The van der Waals surface area contributed by atoms with Gasteiger partial charge in [0.15, 0.2) is 0 Å². The van der Waals surface area contributed by atoms with E-state index in [0.29, 0.717) is 0 Å². The zero-order valence-electron chi connectivity index (χ0n) is 8.03. The highest BCUT2D eigenvalue weighted by atomic mass is 32.2. The lowest BCUT2D eigenvalue weighted by molar-refractivity contribution is 0.557. The van der Waals surface area contributed by atoms with Crippen LogP contribution in [0.1, 0.15) is 18.4 Å². The Hall–Kier alpha value is -0.870. The highest BCUT2D eigenvalue weighted by Crippen LogP contribution is 2.45. The smallest absolute Gasteiger partial charge is 0.209 e. The van der Waals surface area contributed by atoms with Gasteiger partial charge < -0.3 is 0 Å². The summed E-state index contributed by atoms with van der Waals surface area (Å²) in [5.74, 6) is 0. The first-order chi connectivity index (χ1) is 6.52. The van der Waals surface area contributed by atoms with Gasteiger partial charge in [0.1, 0.15) is 0 Å². The fraction of sp³-hybridized carbons (Fsp3) is 0.400. The first-order valence-corrected chi connectivity index (χ1v) is 6.45. The molecular weight excluding hydrogens is 198 g/mol. The van der Waals surface area contributed by atoms with E-state index in [2.05, 4.69) is 4.72 Å². The molecule has 0 unspecified atom stereocenters. The summed E-state index contributed by atoms with van der Waals surface area (Å²) in [7, 11) is -3.12. The molecule has 0 radical (unpaired) electrons. The van der Waals surface area contributed by atoms with Crippen LogP contribution in [-0.2, 0) is 15.6 Å². The molecule has 76 valence electrons. The summed E-state index contributed by atoms with van der Waals surface area (Å²) in [5.41, 5.74) is 0.750. The molecule has 1 N–H and O–H groups in total. The van der Waals surface area contributed by atoms with Crippen molar-refractivity contribution in [3.63, 3.8) is 0 Å². The lowest BCUT2D eigenvalue weighted by Crippen LogP contribution is -2.33. The molecule has 3 nitrogen and oxygen atoms in total. The van der Waals surface area contributed by atoms with Crippen LogP contribution in [0.15, 0.2) is 30.3 Å². The van der Waals surface area contributed by atoms with Crippen molar-refractivity contribution >= 4 is 10.0 Å². The van der Waals surface area contributed by atoms with Crippen molar-refractivity contribution in [2.24, 2.45) is 0 Å². The Labute approximate surface area is 84.2 Å². The van der Waals surface area contributed by atoms with Gasteiger partial charge in [0, 0.05) is 0 Å². The van der Waals surface area contributed by atoms with Crippen LogP contribution >= 0.6 is 0 Å². The third kappa shape index (κ3) is 1.96. The Morgan fingerprint density at radius 1 is 1.21 bits per heavy atom. The summed E-state index contributed by atoms with van der Waals surface area (Å²) in [5, 5.41) is 0. The molecule has 1 fully saturated rings. The van der Waals surface area contributed by atoms with E-state index in [0.717, 1.165) is 18.4 Å². The van der Waals surface area contributed by atoms with Gasteiger partial charge in [-0.2, -0.15) is 0 Å². The molecule has 14 heavy (non-hydrogen) atoms. The maximum atomic E-state index is 11.1. The molecule has 2 rings (SSSR count). The van der Waals surface area contributed by atoms with Crippen molar-refractivity contribution in [3.8, 4) is 0 Å². The summed E-state index contributed by atoms with van der Waals surface area (Å²) < 4.78 is 25.0. The number of sulfonamides is 1. The normalized spacial score (nSPS) is 19.2. The van der Waals surface area contributed by atoms with Gasteiger partial charge in [-0.05, 0) is 18.4 Å². The van der Waals surface area contributed by atoms with Gasteiger partial charge in [0.05, 0.1) is 11.8 Å². The molecule has 1 aromatic carbocycles. The molecular formula is C10H13NO2S. The maximum Gasteiger partial charge on any atom is 0.209 e. The van der Waals surface area contributed by atoms with Crippen LogP contribution in [0.5, 0.6) is 0 Å². The molecule has 0 bridgehead atoms. The second-order valence-electron chi connectivity index (χ2n) is 3.82. The molecule has 0 spiro atoms. The van der Waals surface area contributed by atoms with Crippen molar-refractivity contribution < 1.29 is 8.42 Å². The number of benzene rings is 1. The second-order valence-corrected chi connectivity index (χ2v) is 5.57. The minimum absolute atomic E-state index is 0.311. The molecule has 0 amide bonds. The molecule has 0 aromatic heterocycles. The largest absolute Gasteiger partial charge is 0.213 e. The van der Waals surface area contributed by atoms with E-state index >= 15 is 0 Å².